The summed E-state index contributed by atoms with van der Waals surface area (Å²) in [6.45, 7) is 5.76. The number of nitrogens with one attached hydrogen (secondary N) is 1. The highest BCUT2D eigenvalue weighted by Gasteiger charge is 2.33. The highest BCUT2D eigenvalue weighted by Crippen LogP contribution is 2.36. The van der Waals surface area contributed by atoms with E-state index in [1.165, 1.54) is 11.3 Å². The number of thiazole rings is 1. The fraction of sp³-hybridized carbons (Fsp3) is 0.346. The number of nitrogens with zero attached hydrogens (tertiary/aromatic N) is 2. The van der Waals surface area contributed by atoms with Crippen LogP contribution in [0.5, 0.6) is 5.19 Å². The smallest absolute Gasteiger partial charge is 0.412 e. The molecule has 1 atom stereocenters. The van der Waals surface area contributed by atoms with E-state index in [1.807, 2.05) is 57.2 Å². The maximum absolute atomic E-state index is 13.1. The molecular weight excluding hydrogens is 486 g/mol. The van der Waals surface area contributed by atoms with Crippen LogP contribution in [0.25, 0.3) is 15.8 Å². The molecule has 2 aromatic carbocycles. The Morgan fingerprint density at radius 2 is 1.94 bits per heavy atom. The number of rotatable bonds is 5. The van der Waals surface area contributed by atoms with Crippen molar-refractivity contribution in [3.63, 3.8) is 0 Å². The van der Waals surface area contributed by atoms with Crippen molar-refractivity contribution in [1.29, 1.82) is 0 Å². The first-order chi connectivity index (χ1) is 16.7. The molecule has 184 valence electrons. The highest BCUT2D eigenvalue weighted by molar-refractivity contribution is 7.20. The molecule has 2 heterocycles. The fourth-order valence-corrected chi connectivity index (χ4v) is 4.96. The minimum absolute atomic E-state index is 0.274. The Morgan fingerprint density at radius 3 is 2.60 bits per heavy atom. The maximum atomic E-state index is 13.1. The fourth-order valence-electron chi connectivity index (χ4n) is 3.86. The van der Waals surface area contributed by atoms with Gasteiger partial charge in [-0.1, -0.05) is 41.7 Å². The third-order valence-electron chi connectivity index (χ3n) is 5.54. The molecule has 0 aliphatic carbocycles. The van der Waals surface area contributed by atoms with E-state index in [0.29, 0.717) is 29.6 Å². The van der Waals surface area contributed by atoms with Crippen molar-refractivity contribution in [2.75, 3.05) is 13.7 Å². The molecule has 1 N–H and O–H groups in total. The minimum atomic E-state index is -0.655. The number of aromatic nitrogens is 1. The summed E-state index contributed by atoms with van der Waals surface area (Å²) in [5, 5.41) is 3.62. The van der Waals surface area contributed by atoms with Crippen LogP contribution >= 0.6 is 22.9 Å². The Morgan fingerprint density at radius 1 is 1.20 bits per heavy atom. The van der Waals surface area contributed by atoms with Gasteiger partial charge in [-0.05, 0) is 55.7 Å². The molecule has 0 radical (unpaired) electrons. The van der Waals surface area contributed by atoms with Gasteiger partial charge in [0.2, 0.25) is 0 Å². The Kier molecular flexibility index (Phi) is 7.33. The summed E-state index contributed by atoms with van der Waals surface area (Å²) < 4.78 is 12.0. The summed E-state index contributed by atoms with van der Waals surface area (Å²) in [4.78, 5) is 32.1. The van der Waals surface area contributed by atoms with Gasteiger partial charge in [0.1, 0.15) is 11.8 Å². The second kappa shape index (κ2) is 10.3. The average molecular weight is 514 g/mol. The average Bonchev–Trinajstić information content (AvgIpc) is 3.26. The van der Waals surface area contributed by atoms with Crippen LogP contribution in [0.2, 0.25) is 0 Å². The van der Waals surface area contributed by atoms with Gasteiger partial charge in [-0.3, -0.25) is 9.69 Å². The van der Waals surface area contributed by atoms with E-state index in [1.54, 1.807) is 24.1 Å². The molecule has 0 bridgehead atoms. The number of hydrogen-bond acceptors (Lipinski definition) is 6. The summed E-state index contributed by atoms with van der Waals surface area (Å²) in [5.74, 6) is 0.0996. The lowest BCUT2D eigenvalue weighted by Crippen LogP contribution is -2.53. The summed E-state index contributed by atoms with van der Waals surface area (Å²) in [6, 6.07) is 13.0. The van der Waals surface area contributed by atoms with Gasteiger partial charge in [0.05, 0.1) is 17.3 Å². The van der Waals surface area contributed by atoms with Crippen LogP contribution in [0, 0.1) is 0 Å². The van der Waals surface area contributed by atoms with Gasteiger partial charge in [-0.2, -0.15) is 0 Å². The number of ether oxygens (including phenoxy) is 2. The zero-order chi connectivity index (χ0) is 25.2. The number of alkyl halides is 1. The maximum Gasteiger partial charge on any atom is 0.412 e. The number of carbonyl (C=O) groups excluding carboxylic acids is 2. The van der Waals surface area contributed by atoms with Crippen molar-refractivity contribution in [1.82, 2.24) is 15.2 Å². The summed E-state index contributed by atoms with van der Waals surface area (Å²) in [7, 11) is 1.60. The second-order valence-corrected chi connectivity index (χ2v) is 10.5. The Bertz CT molecular complexity index is 1260. The van der Waals surface area contributed by atoms with Crippen LogP contribution in [-0.2, 0) is 10.6 Å². The van der Waals surface area contributed by atoms with Crippen LogP contribution < -0.4 is 10.1 Å². The van der Waals surface area contributed by atoms with Crippen molar-refractivity contribution in [2.45, 2.75) is 44.8 Å². The number of hydrogen-bond donors (Lipinski definition) is 1. The molecule has 1 unspecified atom stereocenters. The molecule has 35 heavy (non-hydrogen) atoms. The van der Waals surface area contributed by atoms with Gasteiger partial charge >= 0.3 is 6.09 Å². The number of benzene rings is 2. The van der Waals surface area contributed by atoms with Crippen molar-refractivity contribution in [3.8, 4) is 5.19 Å². The third kappa shape index (κ3) is 5.77. The van der Waals surface area contributed by atoms with Crippen molar-refractivity contribution >= 4 is 50.7 Å². The lowest BCUT2D eigenvalue weighted by molar-refractivity contribution is 0.0152. The summed E-state index contributed by atoms with van der Waals surface area (Å²) in [6.07, 6.45) is 1.36. The molecule has 0 saturated heterocycles. The normalized spacial score (nSPS) is 16.1. The van der Waals surface area contributed by atoms with E-state index in [4.69, 9.17) is 21.1 Å². The molecule has 0 fully saturated rings. The molecule has 1 aliphatic heterocycles. The minimum Gasteiger partial charge on any atom is -0.473 e. The quantitative estimate of drug-likeness (QED) is 0.434. The lowest BCUT2D eigenvalue weighted by Gasteiger charge is -2.36. The molecule has 1 aliphatic rings. The van der Waals surface area contributed by atoms with Crippen LogP contribution in [0.3, 0.4) is 0 Å². The number of methoxy groups -OCH3 is 1. The van der Waals surface area contributed by atoms with Gasteiger partial charge in [-0.15, -0.1) is 11.6 Å². The number of carbonyl (C=O) groups is 2. The highest BCUT2D eigenvalue weighted by atomic mass is 35.5. The largest absolute Gasteiger partial charge is 0.473 e. The molecule has 2 amide bonds. The molecule has 0 spiro atoms. The predicted molar refractivity (Wildman–Crippen MR) is 139 cm³/mol. The van der Waals surface area contributed by atoms with E-state index in [2.05, 4.69) is 10.3 Å². The molecule has 9 heteroatoms. The number of fused-ring (bicyclic) bond motifs is 1. The Balaban J connectivity index is 1.64. The van der Waals surface area contributed by atoms with Crippen LogP contribution in [0.15, 0.2) is 48.5 Å². The number of halogens is 1. The number of amides is 2. The zero-order valence-electron chi connectivity index (χ0n) is 20.1. The topological polar surface area (TPSA) is 80.8 Å². The molecule has 7 nitrogen and oxygen atoms in total. The van der Waals surface area contributed by atoms with Crippen LogP contribution in [-0.4, -0.2) is 47.3 Å². The van der Waals surface area contributed by atoms with Gasteiger partial charge in [0, 0.05) is 24.4 Å². The van der Waals surface area contributed by atoms with Crippen molar-refractivity contribution < 1.29 is 19.1 Å². The van der Waals surface area contributed by atoms with Crippen LogP contribution in [0.1, 0.15) is 48.7 Å². The standard InChI is InChI=1S/C26H28ClN3O4S/c1-26(2,3)34-25(32)30-13-12-18(19-6-5-7-20-22(19)35-24(28-20)33-4)14-21(30)29-23(31)17-10-8-16(15-27)9-11-17/h5-12,21H,13-15H2,1-4H3,(H,29,31). The molecule has 0 saturated carbocycles. The first-order valence-electron chi connectivity index (χ1n) is 11.3. The zero-order valence-corrected chi connectivity index (χ0v) is 21.7. The van der Waals surface area contributed by atoms with E-state index >= 15 is 0 Å². The van der Waals surface area contributed by atoms with E-state index in [0.717, 1.165) is 26.9 Å². The van der Waals surface area contributed by atoms with Crippen molar-refractivity contribution in [3.05, 3.63) is 65.2 Å². The summed E-state index contributed by atoms with van der Waals surface area (Å²) in [5.41, 5.74) is 3.64. The molecule has 4 rings (SSSR count). The monoisotopic (exact) mass is 513 g/mol. The van der Waals surface area contributed by atoms with Gasteiger partial charge < -0.3 is 14.8 Å². The summed E-state index contributed by atoms with van der Waals surface area (Å²) >= 11 is 7.34. The molecule has 1 aromatic heterocycles. The Labute approximate surface area is 213 Å². The Hall–Kier alpha value is -3.10. The third-order valence-corrected chi connectivity index (χ3v) is 6.91. The van der Waals surface area contributed by atoms with Crippen molar-refractivity contribution in [2.24, 2.45) is 0 Å². The van der Waals surface area contributed by atoms with E-state index in [9.17, 15) is 9.59 Å². The van der Waals surface area contributed by atoms with Gasteiger partial charge in [0.15, 0.2) is 0 Å². The van der Waals surface area contributed by atoms with Gasteiger partial charge in [-0.25, -0.2) is 9.78 Å². The first-order valence-corrected chi connectivity index (χ1v) is 12.6. The molecular formula is C26H28ClN3O4S. The van der Waals surface area contributed by atoms with E-state index in [-0.39, 0.29) is 5.91 Å². The first kappa shape index (κ1) is 25.0. The predicted octanol–water partition coefficient (Wildman–Crippen LogP) is 5.82. The second-order valence-electron chi connectivity index (χ2n) is 9.22. The van der Waals surface area contributed by atoms with E-state index < -0.39 is 17.9 Å². The SMILES string of the molecule is COc1nc2cccc(C3=CCN(C(=O)OC(C)(C)C)C(NC(=O)c4ccc(CCl)cc4)C3)c2s1. The van der Waals surface area contributed by atoms with Gasteiger partial charge in [0.25, 0.3) is 11.1 Å². The lowest BCUT2D eigenvalue weighted by atomic mass is 9.97. The van der Waals surface area contributed by atoms with Crippen LogP contribution in [0.4, 0.5) is 4.79 Å². The molecule has 3 aromatic rings.